The molecule has 3 heterocycles. The summed E-state index contributed by atoms with van der Waals surface area (Å²) in [7, 11) is 0. The number of thiocarbonyl (C=S) groups is 1. The fourth-order valence-electron chi connectivity index (χ4n) is 5.85. The van der Waals surface area contributed by atoms with Crippen molar-refractivity contribution < 1.29 is 4.74 Å². The van der Waals surface area contributed by atoms with Crippen LogP contribution in [0.5, 0.6) is 11.5 Å². The van der Waals surface area contributed by atoms with E-state index < -0.39 is 0 Å². The molecule has 5 aromatic rings. The number of anilines is 1. The van der Waals surface area contributed by atoms with Crippen molar-refractivity contribution in [3.63, 3.8) is 0 Å². The lowest BCUT2D eigenvalue weighted by Crippen LogP contribution is -2.29. The molecule has 1 N–H and O–H groups in total. The first kappa shape index (κ1) is 26.8. The number of pyridine rings is 1. The molecule has 1 fully saturated rings. The molecule has 1 aliphatic rings. The van der Waals surface area contributed by atoms with Crippen molar-refractivity contribution >= 4 is 23.0 Å². The molecule has 0 spiro atoms. The fourth-order valence-corrected chi connectivity index (χ4v) is 6.20. The highest BCUT2D eigenvalue weighted by Gasteiger charge is 2.42. The van der Waals surface area contributed by atoms with E-state index in [0.29, 0.717) is 5.11 Å². The molecule has 1 aliphatic heterocycles. The fraction of sp³-hybridized carbons (Fsp3) is 0.200. The number of rotatable bonds is 7. The Kier molecular flexibility index (Phi) is 7.33. The van der Waals surface area contributed by atoms with Gasteiger partial charge in [-0.3, -0.25) is 4.98 Å². The number of hydrogen-bond acceptors (Lipinski definition) is 3. The van der Waals surface area contributed by atoms with Crippen molar-refractivity contribution in [1.29, 1.82) is 0 Å². The van der Waals surface area contributed by atoms with Crippen LogP contribution in [0.15, 0.2) is 103 Å². The zero-order valence-corrected chi connectivity index (χ0v) is 24.7. The first-order valence-corrected chi connectivity index (χ1v) is 14.5. The number of aromatic nitrogens is 2. The summed E-state index contributed by atoms with van der Waals surface area (Å²) in [5.74, 6) is 1.59. The number of nitrogens with zero attached hydrogens (tertiary/aromatic N) is 3. The van der Waals surface area contributed by atoms with Gasteiger partial charge < -0.3 is 19.5 Å². The maximum absolute atomic E-state index is 6.11. The maximum Gasteiger partial charge on any atom is 0.174 e. The molecule has 0 unspecified atom stereocenters. The molecule has 0 aliphatic carbocycles. The standard InChI is InChI=1S/C35H34N4OS/c1-5-26-10-6-7-12-32(26)38-24(3)22-30(25(38)4)34-33(31-11-8-9-21-36-31)37-35(41)39(34)27-15-19-29(20-16-27)40-28-17-13-23(2)14-18-28/h6-22,33-34H,5H2,1-4H3,(H,37,41)/t33-,34+/m1/s1. The molecule has 41 heavy (non-hydrogen) atoms. The van der Waals surface area contributed by atoms with E-state index in [-0.39, 0.29) is 12.1 Å². The first-order chi connectivity index (χ1) is 19.9. The first-order valence-electron chi connectivity index (χ1n) is 14.1. The molecule has 0 bridgehead atoms. The summed E-state index contributed by atoms with van der Waals surface area (Å²) in [5.41, 5.74) is 9.32. The van der Waals surface area contributed by atoms with Gasteiger partial charge in [-0.25, -0.2) is 0 Å². The van der Waals surface area contributed by atoms with Crippen LogP contribution in [0.2, 0.25) is 0 Å². The van der Waals surface area contributed by atoms with Gasteiger partial charge in [-0.1, -0.05) is 48.9 Å². The molecule has 2 aromatic heterocycles. The molecule has 5 nitrogen and oxygen atoms in total. The molecule has 6 rings (SSSR count). The number of benzene rings is 3. The van der Waals surface area contributed by atoms with Crippen molar-refractivity contribution in [1.82, 2.24) is 14.9 Å². The average molecular weight is 559 g/mol. The number of aryl methyl sites for hydroxylation is 3. The molecular formula is C35H34N4OS. The van der Waals surface area contributed by atoms with E-state index >= 15 is 0 Å². The Labute approximate surface area is 247 Å². The predicted octanol–water partition coefficient (Wildman–Crippen LogP) is 8.33. The monoisotopic (exact) mass is 558 g/mol. The van der Waals surface area contributed by atoms with E-state index in [4.69, 9.17) is 21.9 Å². The molecular weight excluding hydrogens is 524 g/mol. The summed E-state index contributed by atoms with van der Waals surface area (Å²) in [5, 5.41) is 4.28. The summed E-state index contributed by atoms with van der Waals surface area (Å²) in [6, 6.07) is 33.1. The summed E-state index contributed by atoms with van der Waals surface area (Å²) in [6.45, 7) is 8.67. The molecule has 206 valence electrons. The van der Waals surface area contributed by atoms with Gasteiger partial charge >= 0.3 is 0 Å². The Morgan fingerprint density at radius 2 is 1.54 bits per heavy atom. The van der Waals surface area contributed by atoms with Crippen LogP contribution < -0.4 is 15.0 Å². The van der Waals surface area contributed by atoms with Crippen molar-refractivity contribution in [2.24, 2.45) is 0 Å². The Balaban J connectivity index is 1.42. The second-order valence-electron chi connectivity index (χ2n) is 10.5. The predicted molar refractivity (Wildman–Crippen MR) is 170 cm³/mol. The zero-order chi connectivity index (χ0) is 28.5. The van der Waals surface area contributed by atoms with Gasteiger partial charge in [0.15, 0.2) is 5.11 Å². The summed E-state index contributed by atoms with van der Waals surface area (Å²) in [6.07, 6.45) is 2.81. The Bertz CT molecular complexity index is 1680. The molecule has 2 atom stereocenters. The van der Waals surface area contributed by atoms with Crippen LogP contribution in [0, 0.1) is 20.8 Å². The van der Waals surface area contributed by atoms with E-state index in [1.165, 1.54) is 33.8 Å². The van der Waals surface area contributed by atoms with Gasteiger partial charge in [0.1, 0.15) is 11.5 Å². The van der Waals surface area contributed by atoms with Crippen LogP contribution in [-0.2, 0) is 6.42 Å². The van der Waals surface area contributed by atoms with Gasteiger partial charge in [0.2, 0.25) is 0 Å². The smallest absolute Gasteiger partial charge is 0.174 e. The highest BCUT2D eigenvalue weighted by Crippen LogP contribution is 2.44. The van der Waals surface area contributed by atoms with E-state index in [2.05, 4.69) is 103 Å². The van der Waals surface area contributed by atoms with Crippen LogP contribution in [0.25, 0.3) is 5.69 Å². The second kappa shape index (κ2) is 11.2. The molecule has 1 saturated heterocycles. The Morgan fingerprint density at radius 1 is 0.854 bits per heavy atom. The van der Waals surface area contributed by atoms with E-state index in [0.717, 1.165) is 29.3 Å². The minimum Gasteiger partial charge on any atom is -0.457 e. The quantitative estimate of drug-likeness (QED) is 0.203. The molecule has 6 heteroatoms. The van der Waals surface area contributed by atoms with Crippen LogP contribution in [-0.4, -0.2) is 14.7 Å². The van der Waals surface area contributed by atoms with Gasteiger partial charge in [0, 0.05) is 29.0 Å². The molecule has 0 amide bonds. The normalized spacial score (nSPS) is 16.6. The minimum absolute atomic E-state index is 0.0880. The summed E-state index contributed by atoms with van der Waals surface area (Å²) >= 11 is 5.99. The van der Waals surface area contributed by atoms with Crippen LogP contribution in [0.1, 0.15) is 52.8 Å². The third-order valence-corrected chi connectivity index (χ3v) is 8.19. The topological polar surface area (TPSA) is 42.3 Å². The van der Waals surface area contributed by atoms with E-state index in [1.807, 2.05) is 42.6 Å². The lowest BCUT2D eigenvalue weighted by atomic mass is 9.96. The third-order valence-electron chi connectivity index (χ3n) is 7.87. The Morgan fingerprint density at radius 3 is 2.22 bits per heavy atom. The highest BCUT2D eigenvalue weighted by molar-refractivity contribution is 7.80. The lowest BCUT2D eigenvalue weighted by molar-refractivity contribution is 0.482. The van der Waals surface area contributed by atoms with Gasteiger partial charge in [-0.15, -0.1) is 0 Å². The number of para-hydroxylation sites is 1. The molecule has 0 radical (unpaired) electrons. The summed E-state index contributed by atoms with van der Waals surface area (Å²) in [4.78, 5) is 6.96. The SMILES string of the molecule is CCc1ccccc1-n1c(C)cc([C@H]2[C@@H](c3ccccn3)NC(=S)N2c2ccc(Oc3ccc(C)cc3)cc2)c1C. The van der Waals surface area contributed by atoms with Crippen LogP contribution in [0.4, 0.5) is 5.69 Å². The van der Waals surface area contributed by atoms with Crippen LogP contribution in [0.3, 0.4) is 0 Å². The zero-order valence-electron chi connectivity index (χ0n) is 23.8. The summed E-state index contributed by atoms with van der Waals surface area (Å²) < 4.78 is 8.49. The largest absolute Gasteiger partial charge is 0.457 e. The minimum atomic E-state index is -0.109. The van der Waals surface area contributed by atoms with Crippen molar-refractivity contribution in [3.05, 3.63) is 137 Å². The Hall–Kier alpha value is -4.42. The van der Waals surface area contributed by atoms with Gasteiger partial charge in [0.25, 0.3) is 0 Å². The second-order valence-corrected chi connectivity index (χ2v) is 10.9. The van der Waals surface area contributed by atoms with Gasteiger partial charge in [-0.05, 0) is 111 Å². The van der Waals surface area contributed by atoms with Crippen molar-refractivity contribution in [3.8, 4) is 17.2 Å². The average Bonchev–Trinajstić information content (AvgIpc) is 3.49. The van der Waals surface area contributed by atoms with E-state index in [1.54, 1.807) is 0 Å². The third kappa shape index (κ3) is 5.11. The van der Waals surface area contributed by atoms with E-state index in [9.17, 15) is 0 Å². The number of nitrogens with one attached hydrogen (secondary N) is 1. The highest BCUT2D eigenvalue weighted by atomic mass is 32.1. The van der Waals surface area contributed by atoms with Gasteiger partial charge in [0.05, 0.1) is 17.8 Å². The molecule has 0 saturated carbocycles. The van der Waals surface area contributed by atoms with Gasteiger partial charge in [-0.2, -0.15) is 0 Å². The van der Waals surface area contributed by atoms with Crippen molar-refractivity contribution in [2.45, 2.75) is 46.2 Å². The maximum atomic E-state index is 6.11. The lowest BCUT2D eigenvalue weighted by Gasteiger charge is -2.28. The number of hydrogen-bond donors (Lipinski definition) is 1. The number of ether oxygens (including phenoxy) is 1. The molecule has 3 aromatic carbocycles. The van der Waals surface area contributed by atoms with Crippen molar-refractivity contribution in [2.75, 3.05) is 4.90 Å². The van der Waals surface area contributed by atoms with Crippen LogP contribution >= 0.6 is 12.2 Å².